The van der Waals surface area contributed by atoms with Crippen LogP contribution in [0.2, 0.25) is 0 Å². The minimum atomic E-state index is -4.50. The molecule has 0 aliphatic heterocycles. The van der Waals surface area contributed by atoms with Crippen molar-refractivity contribution in [2.45, 2.75) is 38.3 Å². The van der Waals surface area contributed by atoms with E-state index in [1.165, 1.54) is 11.9 Å². The summed E-state index contributed by atoms with van der Waals surface area (Å²) in [6.07, 6.45) is -6.77. The number of amides is 1. The van der Waals surface area contributed by atoms with Gasteiger partial charge in [0.2, 0.25) is 0 Å². The maximum atomic E-state index is 13.3. The highest BCUT2D eigenvalue weighted by Crippen LogP contribution is 2.28. The maximum Gasteiger partial charge on any atom is 0.414 e. The largest absolute Gasteiger partial charge is 0.414 e. The standard InChI is InChI=1S/C20H22F3NO2/c1-15(24(2)19(25)17-11-7-4-8-12-17)13-18(20(21,22)23)26-14-16-9-5-3-6-10-16/h3-12,15,18H,13-14H2,1-2H3. The number of ether oxygens (including phenoxy) is 1. The number of carbonyl (C=O) groups is 1. The van der Waals surface area contributed by atoms with Crippen molar-refractivity contribution >= 4 is 5.91 Å². The van der Waals surface area contributed by atoms with E-state index in [0.29, 0.717) is 11.1 Å². The van der Waals surface area contributed by atoms with Crippen LogP contribution >= 0.6 is 0 Å². The van der Waals surface area contributed by atoms with E-state index in [1.54, 1.807) is 67.6 Å². The molecule has 3 nitrogen and oxygen atoms in total. The van der Waals surface area contributed by atoms with Gasteiger partial charge in [-0.2, -0.15) is 13.2 Å². The molecule has 0 spiro atoms. The molecule has 0 aromatic heterocycles. The molecule has 1 amide bonds. The molecule has 6 heteroatoms. The lowest BCUT2D eigenvalue weighted by Crippen LogP contribution is -2.42. The number of halogens is 3. The van der Waals surface area contributed by atoms with Crippen LogP contribution in [0.15, 0.2) is 60.7 Å². The third-order valence-corrected chi connectivity index (χ3v) is 4.22. The predicted octanol–water partition coefficient (Wildman–Crippen LogP) is 4.68. The van der Waals surface area contributed by atoms with Crippen molar-refractivity contribution < 1.29 is 22.7 Å². The Balaban J connectivity index is 2.01. The number of hydrogen-bond acceptors (Lipinski definition) is 2. The van der Waals surface area contributed by atoms with Crippen molar-refractivity contribution in [2.75, 3.05) is 7.05 Å². The summed E-state index contributed by atoms with van der Waals surface area (Å²) in [7, 11) is 1.50. The van der Waals surface area contributed by atoms with E-state index < -0.39 is 18.3 Å². The SMILES string of the molecule is CC(CC(OCc1ccccc1)C(F)(F)F)N(C)C(=O)c1ccccc1. The minimum Gasteiger partial charge on any atom is -0.364 e. The van der Waals surface area contributed by atoms with Gasteiger partial charge in [0.15, 0.2) is 6.10 Å². The Morgan fingerprint density at radius 1 is 1.04 bits per heavy atom. The molecule has 2 unspecified atom stereocenters. The first-order valence-corrected chi connectivity index (χ1v) is 8.33. The van der Waals surface area contributed by atoms with Crippen LogP contribution in [0.3, 0.4) is 0 Å². The Kier molecular flexibility index (Phi) is 6.80. The molecule has 0 radical (unpaired) electrons. The van der Waals surface area contributed by atoms with Gasteiger partial charge in [-0.25, -0.2) is 0 Å². The summed E-state index contributed by atoms with van der Waals surface area (Å²) < 4.78 is 45.2. The summed E-state index contributed by atoms with van der Waals surface area (Å²) in [5.74, 6) is -0.318. The van der Waals surface area contributed by atoms with Crippen LogP contribution in [0.5, 0.6) is 0 Å². The fraction of sp³-hybridized carbons (Fsp3) is 0.350. The molecule has 2 atom stereocenters. The van der Waals surface area contributed by atoms with Crippen molar-refractivity contribution in [1.82, 2.24) is 4.90 Å². The summed E-state index contributed by atoms with van der Waals surface area (Å²) in [5, 5.41) is 0. The van der Waals surface area contributed by atoms with Crippen molar-refractivity contribution in [3.05, 3.63) is 71.8 Å². The van der Waals surface area contributed by atoms with Crippen LogP contribution in [-0.4, -0.2) is 36.2 Å². The van der Waals surface area contributed by atoms with E-state index in [0.717, 1.165) is 0 Å². The third-order valence-electron chi connectivity index (χ3n) is 4.22. The first-order valence-electron chi connectivity index (χ1n) is 8.33. The van der Waals surface area contributed by atoms with Gasteiger partial charge < -0.3 is 9.64 Å². The molecule has 0 fully saturated rings. The van der Waals surface area contributed by atoms with E-state index in [4.69, 9.17) is 4.74 Å². The van der Waals surface area contributed by atoms with Gasteiger partial charge >= 0.3 is 6.18 Å². The fourth-order valence-electron chi connectivity index (χ4n) is 2.52. The van der Waals surface area contributed by atoms with Crippen LogP contribution in [0, 0.1) is 0 Å². The van der Waals surface area contributed by atoms with Crippen LogP contribution in [0.4, 0.5) is 13.2 Å². The summed E-state index contributed by atoms with van der Waals surface area (Å²) in [6, 6.07) is 16.5. The number of nitrogens with zero attached hydrogens (tertiary/aromatic N) is 1. The van der Waals surface area contributed by atoms with Gasteiger partial charge in [-0.3, -0.25) is 4.79 Å². The number of alkyl halides is 3. The monoisotopic (exact) mass is 365 g/mol. The molecule has 0 aliphatic carbocycles. The predicted molar refractivity (Wildman–Crippen MR) is 93.7 cm³/mol. The zero-order valence-corrected chi connectivity index (χ0v) is 14.7. The minimum absolute atomic E-state index is 0.131. The van der Waals surface area contributed by atoms with Crippen LogP contribution in [0.1, 0.15) is 29.3 Å². The van der Waals surface area contributed by atoms with Gasteiger partial charge in [-0.15, -0.1) is 0 Å². The van der Waals surface area contributed by atoms with Gasteiger partial charge in [0.1, 0.15) is 0 Å². The highest BCUT2D eigenvalue weighted by Gasteiger charge is 2.42. The Hall–Kier alpha value is -2.34. The van der Waals surface area contributed by atoms with Gasteiger partial charge in [0.05, 0.1) is 6.61 Å². The number of hydrogen-bond donors (Lipinski definition) is 0. The van der Waals surface area contributed by atoms with Crippen molar-refractivity contribution in [1.29, 1.82) is 0 Å². The Bertz CT molecular complexity index is 689. The Morgan fingerprint density at radius 3 is 2.12 bits per heavy atom. The van der Waals surface area contributed by atoms with E-state index in [9.17, 15) is 18.0 Å². The van der Waals surface area contributed by atoms with Gasteiger partial charge in [-0.1, -0.05) is 48.5 Å². The first-order chi connectivity index (χ1) is 12.3. The highest BCUT2D eigenvalue weighted by atomic mass is 19.4. The molecule has 0 bridgehead atoms. The fourth-order valence-corrected chi connectivity index (χ4v) is 2.52. The zero-order chi connectivity index (χ0) is 19.2. The quantitative estimate of drug-likeness (QED) is 0.713. The highest BCUT2D eigenvalue weighted by molar-refractivity contribution is 5.94. The van der Waals surface area contributed by atoms with E-state index in [-0.39, 0.29) is 18.9 Å². The first kappa shape index (κ1) is 20.0. The number of rotatable bonds is 7. The molecule has 0 saturated heterocycles. The molecule has 2 aromatic rings. The molecule has 0 saturated carbocycles. The molecule has 140 valence electrons. The maximum absolute atomic E-state index is 13.3. The third kappa shape index (κ3) is 5.59. The molecule has 2 aromatic carbocycles. The normalized spacial score (nSPS) is 13.9. The van der Waals surface area contributed by atoms with Gasteiger partial charge in [-0.05, 0) is 24.6 Å². The molecule has 0 N–H and O–H groups in total. The Morgan fingerprint density at radius 2 is 1.58 bits per heavy atom. The number of carbonyl (C=O) groups excluding carboxylic acids is 1. The van der Waals surface area contributed by atoms with Crippen molar-refractivity contribution in [2.24, 2.45) is 0 Å². The van der Waals surface area contributed by atoms with Crippen LogP contribution < -0.4 is 0 Å². The van der Waals surface area contributed by atoms with Crippen molar-refractivity contribution in [3.8, 4) is 0 Å². The second-order valence-corrected chi connectivity index (χ2v) is 6.19. The molecule has 0 heterocycles. The van der Waals surface area contributed by atoms with E-state index in [2.05, 4.69) is 0 Å². The lowest BCUT2D eigenvalue weighted by Gasteiger charge is -2.29. The Labute approximate surface area is 151 Å². The molecule has 0 aliphatic rings. The van der Waals surface area contributed by atoms with Crippen LogP contribution in [0.25, 0.3) is 0 Å². The van der Waals surface area contributed by atoms with E-state index >= 15 is 0 Å². The van der Waals surface area contributed by atoms with Gasteiger partial charge in [0, 0.05) is 25.1 Å². The number of benzene rings is 2. The van der Waals surface area contributed by atoms with E-state index in [1.807, 2.05) is 0 Å². The second-order valence-electron chi connectivity index (χ2n) is 6.19. The summed E-state index contributed by atoms with van der Waals surface area (Å²) in [6.45, 7) is 1.46. The molecule has 2 rings (SSSR count). The lowest BCUT2D eigenvalue weighted by molar-refractivity contribution is -0.228. The molecular formula is C20H22F3NO2. The van der Waals surface area contributed by atoms with Crippen LogP contribution in [-0.2, 0) is 11.3 Å². The summed E-state index contributed by atoms with van der Waals surface area (Å²) in [4.78, 5) is 13.7. The zero-order valence-electron chi connectivity index (χ0n) is 14.7. The lowest BCUT2D eigenvalue weighted by atomic mass is 10.1. The summed E-state index contributed by atoms with van der Waals surface area (Å²) >= 11 is 0. The summed E-state index contributed by atoms with van der Waals surface area (Å²) in [5.41, 5.74) is 1.11. The second kappa shape index (κ2) is 8.85. The average molecular weight is 365 g/mol. The van der Waals surface area contributed by atoms with Crippen molar-refractivity contribution in [3.63, 3.8) is 0 Å². The molecular weight excluding hydrogens is 343 g/mol. The van der Waals surface area contributed by atoms with Gasteiger partial charge in [0.25, 0.3) is 5.91 Å². The average Bonchev–Trinajstić information content (AvgIpc) is 2.64. The topological polar surface area (TPSA) is 29.5 Å². The molecule has 26 heavy (non-hydrogen) atoms. The smallest absolute Gasteiger partial charge is 0.364 e.